The van der Waals surface area contributed by atoms with Crippen LogP contribution in [0, 0.1) is 0 Å². The summed E-state index contributed by atoms with van der Waals surface area (Å²) in [5.74, 6) is 0.857. The Balaban J connectivity index is 2.14. The second-order valence-corrected chi connectivity index (χ2v) is 5.36. The van der Waals surface area contributed by atoms with Gasteiger partial charge in [0.15, 0.2) is 0 Å². The predicted octanol–water partition coefficient (Wildman–Crippen LogP) is 3.52. The maximum absolute atomic E-state index is 4.37. The summed E-state index contributed by atoms with van der Waals surface area (Å²) in [6, 6.07) is 10.4. The quantitative estimate of drug-likeness (QED) is 0.885. The molecule has 0 saturated heterocycles. The van der Waals surface area contributed by atoms with Gasteiger partial charge in [-0.1, -0.05) is 35.0 Å². The van der Waals surface area contributed by atoms with E-state index in [1.807, 2.05) is 12.1 Å². The Hall–Kier alpha value is -1.26. The van der Waals surface area contributed by atoms with Crippen LogP contribution >= 0.6 is 15.9 Å². The van der Waals surface area contributed by atoms with Crippen LogP contribution in [0.5, 0.6) is 0 Å². The highest BCUT2D eigenvalue weighted by molar-refractivity contribution is 9.10. The molecule has 0 aliphatic rings. The Labute approximate surface area is 122 Å². The summed E-state index contributed by atoms with van der Waals surface area (Å²) in [7, 11) is 0. The number of halogens is 1. The lowest BCUT2D eigenvalue weighted by atomic mass is 10.1. The minimum atomic E-state index is 0.162. The van der Waals surface area contributed by atoms with Crippen molar-refractivity contribution in [1.82, 2.24) is 15.3 Å². The first-order valence-electron chi connectivity index (χ1n) is 6.54. The molecule has 1 aromatic carbocycles. The van der Waals surface area contributed by atoms with E-state index < -0.39 is 0 Å². The van der Waals surface area contributed by atoms with E-state index in [1.165, 1.54) is 5.56 Å². The van der Waals surface area contributed by atoms with E-state index in [1.54, 1.807) is 12.4 Å². The molecule has 1 atom stereocenters. The van der Waals surface area contributed by atoms with E-state index >= 15 is 0 Å². The van der Waals surface area contributed by atoms with Gasteiger partial charge in [-0.05, 0) is 43.1 Å². The molecule has 0 fully saturated rings. The second kappa shape index (κ2) is 7.36. The van der Waals surface area contributed by atoms with Crippen molar-refractivity contribution in [3.63, 3.8) is 0 Å². The lowest BCUT2D eigenvalue weighted by molar-refractivity contribution is 0.504. The van der Waals surface area contributed by atoms with Crippen molar-refractivity contribution in [1.29, 1.82) is 0 Å². The topological polar surface area (TPSA) is 37.8 Å². The maximum Gasteiger partial charge on any atom is 0.145 e. The van der Waals surface area contributed by atoms with Crippen molar-refractivity contribution in [3.05, 3.63) is 58.6 Å². The van der Waals surface area contributed by atoms with Gasteiger partial charge in [-0.25, -0.2) is 9.97 Å². The van der Waals surface area contributed by atoms with Crippen LogP contribution in [-0.4, -0.2) is 16.5 Å². The Morgan fingerprint density at radius 1 is 1.21 bits per heavy atom. The zero-order valence-corrected chi connectivity index (χ0v) is 12.6. The minimum Gasteiger partial charge on any atom is -0.307 e. The number of nitrogens with zero attached hydrogens (tertiary/aromatic N) is 2. The van der Waals surface area contributed by atoms with Gasteiger partial charge in [0.1, 0.15) is 5.82 Å². The molecule has 1 aromatic heterocycles. The first kappa shape index (κ1) is 14.2. The van der Waals surface area contributed by atoms with Crippen molar-refractivity contribution in [2.75, 3.05) is 6.54 Å². The number of nitrogens with one attached hydrogen (secondary N) is 1. The number of hydrogen-bond donors (Lipinski definition) is 1. The molecule has 0 spiro atoms. The van der Waals surface area contributed by atoms with Crippen LogP contribution in [0.3, 0.4) is 0 Å². The fraction of sp³-hybridized carbons (Fsp3) is 0.333. The lowest BCUT2D eigenvalue weighted by Crippen LogP contribution is -2.25. The maximum atomic E-state index is 4.37. The van der Waals surface area contributed by atoms with Crippen LogP contribution in [0.1, 0.15) is 30.8 Å². The molecule has 2 aromatic rings. The van der Waals surface area contributed by atoms with Gasteiger partial charge in [-0.2, -0.15) is 0 Å². The van der Waals surface area contributed by atoms with Crippen molar-refractivity contribution < 1.29 is 0 Å². The third-order valence-electron chi connectivity index (χ3n) is 2.87. The Bertz CT molecular complexity index is 502. The van der Waals surface area contributed by atoms with Crippen LogP contribution in [0.4, 0.5) is 0 Å². The zero-order valence-electron chi connectivity index (χ0n) is 11.0. The van der Waals surface area contributed by atoms with Gasteiger partial charge >= 0.3 is 0 Å². The van der Waals surface area contributed by atoms with E-state index in [0.717, 1.165) is 29.7 Å². The van der Waals surface area contributed by atoms with Gasteiger partial charge < -0.3 is 5.32 Å². The lowest BCUT2D eigenvalue weighted by Gasteiger charge is -2.17. The van der Waals surface area contributed by atoms with E-state index in [-0.39, 0.29) is 6.04 Å². The summed E-state index contributed by atoms with van der Waals surface area (Å²) in [6.07, 6.45) is 5.58. The first-order chi connectivity index (χ1) is 9.29. The number of hydrogen-bond acceptors (Lipinski definition) is 3. The molecular weight excluding hydrogens is 302 g/mol. The Morgan fingerprint density at radius 3 is 2.68 bits per heavy atom. The summed E-state index contributed by atoms with van der Waals surface area (Å²) in [4.78, 5) is 8.73. The van der Waals surface area contributed by atoms with Gasteiger partial charge in [0.25, 0.3) is 0 Å². The molecule has 0 saturated carbocycles. The fourth-order valence-electron chi connectivity index (χ4n) is 1.96. The van der Waals surface area contributed by atoms with Crippen molar-refractivity contribution in [3.8, 4) is 0 Å². The summed E-state index contributed by atoms with van der Waals surface area (Å²) in [5, 5.41) is 3.51. The van der Waals surface area contributed by atoms with E-state index in [9.17, 15) is 0 Å². The summed E-state index contributed by atoms with van der Waals surface area (Å²) in [6.45, 7) is 3.13. The van der Waals surface area contributed by atoms with Gasteiger partial charge in [0.05, 0.1) is 6.04 Å². The van der Waals surface area contributed by atoms with Crippen molar-refractivity contribution in [2.24, 2.45) is 0 Å². The summed E-state index contributed by atoms with van der Waals surface area (Å²) >= 11 is 3.51. The monoisotopic (exact) mass is 319 g/mol. The van der Waals surface area contributed by atoms with Crippen LogP contribution in [0.15, 0.2) is 47.2 Å². The van der Waals surface area contributed by atoms with Gasteiger partial charge in [-0.15, -0.1) is 0 Å². The van der Waals surface area contributed by atoms with Gasteiger partial charge in [0.2, 0.25) is 0 Å². The van der Waals surface area contributed by atoms with Crippen LogP contribution in [-0.2, 0) is 6.42 Å². The highest BCUT2D eigenvalue weighted by atomic mass is 79.9. The molecule has 0 bridgehead atoms. The third-order valence-corrected chi connectivity index (χ3v) is 3.36. The van der Waals surface area contributed by atoms with Crippen LogP contribution in [0.25, 0.3) is 0 Å². The Kier molecular flexibility index (Phi) is 5.48. The molecular formula is C15H18BrN3. The van der Waals surface area contributed by atoms with Gasteiger partial charge in [-0.3, -0.25) is 0 Å². The smallest absolute Gasteiger partial charge is 0.145 e. The zero-order chi connectivity index (χ0) is 13.5. The molecule has 0 radical (unpaired) electrons. The molecule has 1 unspecified atom stereocenters. The first-order valence-corrected chi connectivity index (χ1v) is 7.33. The van der Waals surface area contributed by atoms with E-state index in [4.69, 9.17) is 0 Å². The molecule has 1 heterocycles. The number of benzene rings is 1. The fourth-order valence-corrected chi connectivity index (χ4v) is 2.41. The number of rotatable bonds is 6. The average molecular weight is 320 g/mol. The molecule has 4 heteroatoms. The number of aromatic nitrogens is 2. The second-order valence-electron chi connectivity index (χ2n) is 4.45. The summed E-state index contributed by atoms with van der Waals surface area (Å²) in [5.41, 5.74) is 1.27. The van der Waals surface area contributed by atoms with Crippen molar-refractivity contribution in [2.45, 2.75) is 25.8 Å². The highest BCUT2D eigenvalue weighted by Gasteiger charge is 2.14. The van der Waals surface area contributed by atoms with Crippen LogP contribution < -0.4 is 5.32 Å². The predicted molar refractivity (Wildman–Crippen MR) is 80.9 cm³/mol. The SMILES string of the molecule is CCCNC(Cc1cccc(Br)c1)c1ncccn1. The Morgan fingerprint density at radius 2 is 2.00 bits per heavy atom. The van der Waals surface area contributed by atoms with E-state index in [0.29, 0.717) is 0 Å². The van der Waals surface area contributed by atoms with E-state index in [2.05, 4.69) is 56.3 Å². The molecule has 0 aliphatic carbocycles. The molecule has 1 N–H and O–H groups in total. The standard InChI is InChI=1S/C15H18BrN3/c1-2-7-17-14(15-18-8-4-9-19-15)11-12-5-3-6-13(16)10-12/h3-6,8-10,14,17H,2,7,11H2,1H3. The largest absolute Gasteiger partial charge is 0.307 e. The minimum absolute atomic E-state index is 0.162. The van der Waals surface area contributed by atoms with Gasteiger partial charge in [0, 0.05) is 16.9 Å². The molecule has 19 heavy (non-hydrogen) atoms. The van der Waals surface area contributed by atoms with Crippen LogP contribution in [0.2, 0.25) is 0 Å². The third kappa shape index (κ3) is 4.40. The molecule has 100 valence electrons. The molecule has 0 aliphatic heterocycles. The molecule has 3 nitrogen and oxygen atoms in total. The molecule has 0 amide bonds. The van der Waals surface area contributed by atoms with Crippen molar-refractivity contribution >= 4 is 15.9 Å². The normalized spacial score (nSPS) is 12.3. The highest BCUT2D eigenvalue weighted by Crippen LogP contribution is 2.18. The summed E-state index contributed by atoms with van der Waals surface area (Å²) < 4.78 is 1.10. The molecule has 2 rings (SSSR count). The average Bonchev–Trinajstić information content (AvgIpc) is 2.44.